The standard InChI is InChI=1S/C20H24N2O2/c23-17-18-7-4-5-10-20(18)24-16-6-11-21-12-14-22(15-13-21)19-8-2-1-3-9-19/h1-5,7-10,17H,6,11-16H2. The van der Waals surface area contributed by atoms with E-state index in [2.05, 4.69) is 40.1 Å². The number of piperazine rings is 1. The van der Waals surface area contributed by atoms with Crippen LogP contribution in [0.5, 0.6) is 5.75 Å². The van der Waals surface area contributed by atoms with Crippen LogP contribution < -0.4 is 9.64 Å². The molecule has 4 nitrogen and oxygen atoms in total. The largest absolute Gasteiger partial charge is 0.493 e. The molecule has 24 heavy (non-hydrogen) atoms. The van der Waals surface area contributed by atoms with Crippen molar-refractivity contribution in [3.63, 3.8) is 0 Å². The lowest BCUT2D eigenvalue weighted by atomic mass is 10.2. The van der Waals surface area contributed by atoms with Crippen LogP contribution in [-0.4, -0.2) is 50.5 Å². The van der Waals surface area contributed by atoms with Crippen LogP contribution in [0.4, 0.5) is 5.69 Å². The Bertz CT molecular complexity index is 637. The van der Waals surface area contributed by atoms with Crippen LogP contribution in [0, 0.1) is 0 Å². The molecule has 0 aromatic heterocycles. The molecule has 1 aliphatic heterocycles. The molecule has 0 N–H and O–H groups in total. The first-order chi connectivity index (χ1) is 11.9. The van der Waals surface area contributed by atoms with E-state index in [1.165, 1.54) is 5.69 Å². The van der Waals surface area contributed by atoms with Gasteiger partial charge in [0.1, 0.15) is 5.75 Å². The minimum atomic E-state index is 0.619. The molecule has 0 saturated carbocycles. The first-order valence-corrected chi connectivity index (χ1v) is 8.56. The van der Waals surface area contributed by atoms with E-state index >= 15 is 0 Å². The van der Waals surface area contributed by atoms with Gasteiger partial charge in [0.25, 0.3) is 0 Å². The molecule has 1 aliphatic rings. The Kier molecular flexibility index (Phi) is 5.85. The van der Waals surface area contributed by atoms with Gasteiger partial charge in [-0.15, -0.1) is 0 Å². The van der Waals surface area contributed by atoms with E-state index in [9.17, 15) is 4.79 Å². The van der Waals surface area contributed by atoms with Gasteiger partial charge in [-0.1, -0.05) is 30.3 Å². The lowest BCUT2D eigenvalue weighted by Gasteiger charge is -2.36. The van der Waals surface area contributed by atoms with Crippen molar-refractivity contribution in [2.24, 2.45) is 0 Å². The van der Waals surface area contributed by atoms with E-state index in [1.807, 2.05) is 18.2 Å². The van der Waals surface area contributed by atoms with Crippen LogP contribution in [0.1, 0.15) is 16.8 Å². The minimum Gasteiger partial charge on any atom is -0.493 e. The molecule has 1 fully saturated rings. The Hall–Kier alpha value is -2.33. The highest BCUT2D eigenvalue weighted by Crippen LogP contribution is 2.17. The number of benzene rings is 2. The van der Waals surface area contributed by atoms with Crippen LogP contribution in [0.2, 0.25) is 0 Å². The number of aldehydes is 1. The van der Waals surface area contributed by atoms with Gasteiger partial charge in [0, 0.05) is 38.4 Å². The minimum absolute atomic E-state index is 0.619. The van der Waals surface area contributed by atoms with Gasteiger partial charge in [-0.05, 0) is 30.7 Å². The van der Waals surface area contributed by atoms with Crippen molar-refractivity contribution in [1.82, 2.24) is 4.90 Å². The zero-order valence-corrected chi connectivity index (χ0v) is 13.9. The van der Waals surface area contributed by atoms with Crippen LogP contribution in [0.25, 0.3) is 0 Å². The lowest BCUT2D eigenvalue weighted by Crippen LogP contribution is -2.46. The fraction of sp³-hybridized carbons (Fsp3) is 0.350. The number of nitrogens with zero attached hydrogens (tertiary/aromatic N) is 2. The molecule has 0 radical (unpaired) electrons. The predicted octanol–water partition coefficient (Wildman–Crippen LogP) is 3.09. The second-order valence-electron chi connectivity index (χ2n) is 6.02. The van der Waals surface area contributed by atoms with Crippen molar-refractivity contribution in [2.75, 3.05) is 44.2 Å². The summed E-state index contributed by atoms with van der Waals surface area (Å²) < 4.78 is 5.74. The highest BCUT2D eigenvalue weighted by atomic mass is 16.5. The third kappa shape index (κ3) is 4.36. The molecular formula is C20H24N2O2. The van der Waals surface area contributed by atoms with Gasteiger partial charge in [-0.25, -0.2) is 0 Å². The van der Waals surface area contributed by atoms with Crippen molar-refractivity contribution in [3.8, 4) is 5.75 Å². The normalized spacial score (nSPS) is 15.2. The summed E-state index contributed by atoms with van der Waals surface area (Å²) >= 11 is 0. The maximum Gasteiger partial charge on any atom is 0.153 e. The molecule has 0 bridgehead atoms. The van der Waals surface area contributed by atoms with Crippen LogP contribution in [-0.2, 0) is 0 Å². The Morgan fingerprint density at radius 2 is 1.62 bits per heavy atom. The van der Waals surface area contributed by atoms with E-state index in [0.717, 1.165) is 45.4 Å². The van der Waals surface area contributed by atoms with Crippen molar-refractivity contribution < 1.29 is 9.53 Å². The summed E-state index contributed by atoms with van der Waals surface area (Å²) in [6.07, 6.45) is 1.82. The molecule has 4 heteroatoms. The first-order valence-electron chi connectivity index (χ1n) is 8.56. The van der Waals surface area contributed by atoms with E-state index in [4.69, 9.17) is 4.74 Å². The zero-order chi connectivity index (χ0) is 16.6. The molecule has 0 spiro atoms. The fourth-order valence-electron chi connectivity index (χ4n) is 3.05. The second kappa shape index (κ2) is 8.50. The van der Waals surface area contributed by atoms with Gasteiger partial charge in [0.05, 0.1) is 12.2 Å². The molecular weight excluding hydrogens is 300 g/mol. The average molecular weight is 324 g/mol. The molecule has 3 rings (SSSR count). The zero-order valence-electron chi connectivity index (χ0n) is 13.9. The van der Waals surface area contributed by atoms with Gasteiger partial charge in [0.15, 0.2) is 6.29 Å². The fourth-order valence-corrected chi connectivity index (χ4v) is 3.05. The van der Waals surface area contributed by atoms with Crippen molar-refractivity contribution in [3.05, 3.63) is 60.2 Å². The molecule has 0 amide bonds. The molecule has 0 atom stereocenters. The number of carbonyl (C=O) groups excluding carboxylic acids is 1. The van der Waals surface area contributed by atoms with Gasteiger partial charge < -0.3 is 9.64 Å². The molecule has 0 aliphatic carbocycles. The number of para-hydroxylation sites is 2. The maximum absolute atomic E-state index is 11.0. The first kappa shape index (κ1) is 16.5. The van der Waals surface area contributed by atoms with Crippen LogP contribution in [0.15, 0.2) is 54.6 Å². The van der Waals surface area contributed by atoms with E-state index in [-0.39, 0.29) is 0 Å². The third-order valence-electron chi connectivity index (χ3n) is 4.42. The Morgan fingerprint density at radius 1 is 0.917 bits per heavy atom. The second-order valence-corrected chi connectivity index (χ2v) is 6.02. The van der Waals surface area contributed by atoms with Crippen LogP contribution in [0.3, 0.4) is 0 Å². The summed E-state index contributed by atoms with van der Waals surface area (Å²) in [4.78, 5) is 15.9. The summed E-state index contributed by atoms with van der Waals surface area (Å²) in [5.41, 5.74) is 1.93. The van der Waals surface area contributed by atoms with E-state index in [0.29, 0.717) is 17.9 Å². The van der Waals surface area contributed by atoms with Gasteiger partial charge in [-0.3, -0.25) is 9.69 Å². The van der Waals surface area contributed by atoms with Crippen LogP contribution >= 0.6 is 0 Å². The molecule has 1 saturated heterocycles. The quantitative estimate of drug-likeness (QED) is 0.579. The number of ether oxygens (including phenoxy) is 1. The molecule has 0 unspecified atom stereocenters. The Morgan fingerprint density at radius 3 is 2.38 bits per heavy atom. The summed E-state index contributed by atoms with van der Waals surface area (Å²) in [7, 11) is 0. The highest BCUT2D eigenvalue weighted by Gasteiger charge is 2.16. The highest BCUT2D eigenvalue weighted by molar-refractivity contribution is 5.79. The molecule has 2 aromatic rings. The Balaban J connectivity index is 1.37. The van der Waals surface area contributed by atoms with Crippen molar-refractivity contribution >= 4 is 12.0 Å². The van der Waals surface area contributed by atoms with Gasteiger partial charge in [-0.2, -0.15) is 0 Å². The molecule has 1 heterocycles. The SMILES string of the molecule is O=Cc1ccccc1OCCCN1CCN(c2ccccc2)CC1. The average Bonchev–Trinajstić information content (AvgIpc) is 2.67. The third-order valence-corrected chi connectivity index (χ3v) is 4.42. The number of hydrogen-bond donors (Lipinski definition) is 0. The smallest absolute Gasteiger partial charge is 0.153 e. The van der Waals surface area contributed by atoms with Gasteiger partial charge in [0.2, 0.25) is 0 Å². The summed E-state index contributed by atoms with van der Waals surface area (Å²) in [6, 6.07) is 18.0. The summed E-state index contributed by atoms with van der Waals surface area (Å²) in [6.45, 7) is 5.98. The van der Waals surface area contributed by atoms with Gasteiger partial charge >= 0.3 is 0 Å². The number of anilines is 1. The predicted molar refractivity (Wildman–Crippen MR) is 97.0 cm³/mol. The number of hydrogen-bond acceptors (Lipinski definition) is 4. The van der Waals surface area contributed by atoms with Crippen molar-refractivity contribution in [2.45, 2.75) is 6.42 Å². The maximum atomic E-state index is 11.0. The van der Waals surface area contributed by atoms with E-state index < -0.39 is 0 Å². The van der Waals surface area contributed by atoms with E-state index in [1.54, 1.807) is 6.07 Å². The monoisotopic (exact) mass is 324 g/mol. The topological polar surface area (TPSA) is 32.8 Å². The summed E-state index contributed by atoms with van der Waals surface area (Å²) in [5.74, 6) is 0.682. The number of rotatable bonds is 7. The number of carbonyl (C=O) groups is 1. The molecule has 126 valence electrons. The Labute approximate surface area is 143 Å². The van der Waals surface area contributed by atoms with Crippen molar-refractivity contribution in [1.29, 1.82) is 0 Å². The lowest BCUT2D eigenvalue weighted by molar-refractivity contribution is 0.111. The summed E-state index contributed by atoms with van der Waals surface area (Å²) in [5, 5.41) is 0. The molecule has 2 aromatic carbocycles.